The predicted octanol–water partition coefficient (Wildman–Crippen LogP) is 2.06. The van der Waals surface area contributed by atoms with Crippen LogP contribution in [0, 0.1) is 0 Å². The number of hydrogen-bond acceptors (Lipinski definition) is 20. The van der Waals surface area contributed by atoms with Crippen LogP contribution in [0.15, 0.2) is 99.7 Å². The van der Waals surface area contributed by atoms with Crippen molar-refractivity contribution in [3.63, 3.8) is 0 Å². The molecule has 20 heteroatoms. The van der Waals surface area contributed by atoms with Crippen LogP contribution in [-0.2, 0) is 0 Å². The molecular weight excluding hydrogens is 640 g/mol. The largest absolute Gasteiger partial charge is 0.244 e. The van der Waals surface area contributed by atoms with Gasteiger partial charge in [-0.05, 0) is 0 Å². The van der Waals surface area contributed by atoms with E-state index in [1.165, 1.54) is 25.3 Å². The first-order chi connectivity index (χ1) is 24.8. The standard InChI is InChI=1S/2C12H6N8.C6H4N4/c1-2-15-12-11(14-1)17-5-9(20-12)10-16-4-7-8(19-10)3-13-6-18-7;1-2-15-12-11(14-1)17-5-8(19-12)10-16-4-7-3-13-6-18-9(7)20-10;1-5-6(10-3-7-1)2-8-4-9-5/h2*1-6H;1-4H. The number of aromatic nitrogens is 20. The maximum absolute atomic E-state index is 4.37. The lowest BCUT2D eigenvalue weighted by atomic mass is 10.3. The van der Waals surface area contributed by atoms with Gasteiger partial charge in [0, 0.05) is 37.2 Å². The summed E-state index contributed by atoms with van der Waals surface area (Å²) in [5, 5.41) is 0.768. The van der Waals surface area contributed by atoms with Crippen molar-refractivity contribution in [3.8, 4) is 23.0 Å². The summed E-state index contributed by atoms with van der Waals surface area (Å²) >= 11 is 0. The lowest BCUT2D eigenvalue weighted by Crippen LogP contribution is -1.97. The molecule has 0 N–H and O–H groups in total. The molecule has 20 nitrogen and oxygen atoms in total. The van der Waals surface area contributed by atoms with Crippen molar-refractivity contribution in [1.29, 1.82) is 0 Å². The van der Waals surface area contributed by atoms with E-state index in [2.05, 4.69) is 99.7 Å². The molecule has 0 aliphatic heterocycles. The van der Waals surface area contributed by atoms with Gasteiger partial charge >= 0.3 is 0 Å². The molecule has 0 amide bonds. The van der Waals surface area contributed by atoms with Gasteiger partial charge in [0.2, 0.25) is 0 Å². The second-order valence-corrected chi connectivity index (χ2v) is 9.72. The van der Waals surface area contributed by atoms with Gasteiger partial charge in [-0.3, -0.25) is 0 Å². The molecule has 0 aromatic carbocycles. The molecule has 0 spiro atoms. The lowest BCUT2D eigenvalue weighted by molar-refractivity contribution is 1.10. The van der Waals surface area contributed by atoms with E-state index in [-0.39, 0.29) is 0 Å². The fourth-order valence-corrected chi connectivity index (χ4v) is 4.27. The Morgan fingerprint density at radius 3 is 1.38 bits per heavy atom. The van der Waals surface area contributed by atoms with E-state index in [0.29, 0.717) is 62.3 Å². The predicted molar refractivity (Wildman–Crippen MR) is 174 cm³/mol. The molecule has 0 saturated carbocycles. The topological polar surface area (TPSA) is 258 Å². The summed E-state index contributed by atoms with van der Waals surface area (Å²) in [5.41, 5.74) is 6.38. The van der Waals surface area contributed by atoms with Crippen molar-refractivity contribution in [2.75, 3.05) is 0 Å². The van der Waals surface area contributed by atoms with E-state index in [0.717, 1.165) is 16.4 Å². The minimum absolute atomic E-state index is 0.441. The summed E-state index contributed by atoms with van der Waals surface area (Å²) < 4.78 is 0. The molecule has 10 aromatic rings. The Morgan fingerprint density at radius 1 is 0.280 bits per heavy atom. The molecule has 10 rings (SSSR count). The zero-order chi connectivity index (χ0) is 33.5. The summed E-state index contributed by atoms with van der Waals surface area (Å²) in [6, 6.07) is 0. The number of fused-ring (bicyclic) bond motifs is 5. The lowest BCUT2D eigenvalue weighted by Gasteiger charge is -2.01. The molecule has 0 atom stereocenters. The minimum atomic E-state index is 0.441. The van der Waals surface area contributed by atoms with Crippen LogP contribution < -0.4 is 0 Å². The third-order valence-corrected chi connectivity index (χ3v) is 6.55. The van der Waals surface area contributed by atoms with Gasteiger partial charge in [0.25, 0.3) is 0 Å². The molecule has 0 aliphatic rings. The van der Waals surface area contributed by atoms with E-state index in [9.17, 15) is 0 Å². The first-order valence-corrected chi connectivity index (χ1v) is 14.4. The third-order valence-electron chi connectivity index (χ3n) is 6.55. The molecule has 10 heterocycles. The van der Waals surface area contributed by atoms with E-state index >= 15 is 0 Å². The Bertz CT molecular complexity index is 2390. The van der Waals surface area contributed by atoms with Crippen molar-refractivity contribution < 1.29 is 0 Å². The van der Waals surface area contributed by atoms with E-state index in [1.54, 1.807) is 74.4 Å². The van der Waals surface area contributed by atoms with Crippen LogP contribution in [-0.4, -0.2) is 99.7 Å². The maximum Gasteiger partial charge on any atom is 0.198 e. The first kappa shape index (κ1) is 29.5. The highest BCUT2D eigenvalue weighted by molar-refractivity contribution is 5.76. The van der Waals surface area contributed by atoms with Crippen LogP contribution >= 0.6 is 0 Å². The minimum Gasteiger partial charge on any atom is -0.244 e. The highest BCUT2D eigenvalue weighted by atomic mass is 15.0. The Hall–Kier alpha value is -7.90. The summed E-state index contributed by atoms with van der Waals surface area (Å²) in [6.45, 7) is 0. The quantitative estimate of drug-likeness (QED) is 0.258. The molecule has 0 radical (unpaired) electrons. The fourth-order valence-electron chi connectivity index (χ4n) is 4.27. The molecule has 0 saturated heterocycles. The smallest absolute Gasteiger partial charge is 0.198 e. The third kappa shape index (κ3) is 6.37. The first-order valence-electron chi connectivity index (χ1n) is 14.4. The Labute approximate surface area is 277 Å². The average molecular weight is 657 g/mol. The van der Waals surface area contributed by atoms with Gasteiger partial charge in [0.1, 0.15) is 58.8 Å². The van der Waals surface area contributed by atoms with Crippen LogP contribution in [0.25, 0.3) is 78.7 Å². The molecule has 50 heavy (non-hydrogen) atoms. The fraction of sp³-hybridized carbons (Fsp3) is 0. The Balaban J connectivity index is 0.000000115. The highest BCUT2D eigenvalue weighted by Crippen LogP contribution is 2.17. The van der Waals surface area contributed by atoms with Gasteiger partial charge in [-0.15, -0.1) is 0 Å². The molecular formula is C30H16N20. The number of rotatable bonds is 2. The highest BCUT2D eigenvalue weighted by Gasteiger charge is 2.09. The van der Waals surface area contributed by atoms with Gasteiger partial charge in [-0.2, -0.15) is 0 Å². The van der Waals surface area contributed by atoms with E-state index < -0.39 is 0 Å². The maximum atomic E-state index is 4.37. The zero-order valence-electron chi connectivity index (χ0n) is 25.2. The van der Waals surface area contributed by atoms with Gasteiger partial charge in [0.05, 0.1) is 42.6 Å². The second kappa shape index (κ2) is 13.4. The van der Waals surface area contributed by atoms with Crippen molar-refractivity contribution in [3.05, 3.63) is 99.7 Å². The average Bonchev–Trinajstić information content (AvgIpc) is 3.20. The SMILES string of the molecule is c1ncc2cnc(-c3cnc4nccnc4n3)nc2n1.c1ncc2nc(-c3cnc4nccnc4n3)ncc2n1.c1ncc2ncncc2n1. The van der Waals surface area contributed by atoms with Crippen molar-refractivity contribution in [1.82, 2.24) is 99.7 Å². The summed E-state index contributed by atoms with van der Waals surface area (Å²) in [5.74, 6) is 0.892. The monoisotopic (exact) mass is 656 g/mol. The van der Waals surface area contributed by atoms with Crippen LogP contribution in [0.1, 0.15) is 0 Å². The summed E-state index contributed by atoms with van der Waals surface area (Å²) in [4.78, 5) is 82.2. The van der Waals surface area contributed by atoms with Gasteiger partial charge in [0.15, 0.2) is 39.9 Å². The van der Waals surface area contributed by atoms with Crippen LogP contribution in [0.2, 0.25) is 0 Å². The zero-order valence-corrected chi connectivity index (χ0v) is 25.2. The summed E-state index contributed by atoms with van der Waals surface area (Å²) in [7, 11) is 0. The Morgan fingerprint density at radius 2 is 0.760 bits per heavy atom. The van der Waals surface area contributed by atoms with Crippen LogP contribution in [0.3, 0.4) is 0 Å². The number of hydrogen-bond donors (Lipinski definition) is 0. The molecule has 0 fully saturated rings. The molecule has 0 aliphatic carbocycles. The van der Waals surface area contributed by atoms with Crippen molar-refractivity contribution in [2.45, 2.75) is 0 Å². The van der Waals surface area contributed by atoms with Crippen LogP contribution in [0.5, 0.6) is 0 Å². The molecule has 0 bridgehead atoms. The van der Waals surface area contributed by atoms with Crippen molar-refractivity contribution >= 4 is 55.7 Å². The molecule has 10 aromatic heterocycles. The van der Waals surface area contributed by atoms with Crippen LogP contribution in [0.4, 0.5) is 0 Å². The van der Waals surface area contributed by atoms with Gasteiger partial charge < -0.3 is 0 Å². The Kier molecular flexibility index (Phi) is 7.93. The number of nitrogens with zero attached hydrogens (tertiary/aromatic N) is 20. The molecule has 0 unspecified atom stereocenters. The van der Waals surface area contributed by atoms with E-state index in [4.69, 9.17) is 0 Å². The summed E-state index contributed by atoms with van der Waals surface area (Å²) in [6.07, 6.45) is 25.1. The van der Waals surface area contributed by atoms with Gasteiger partial charge in [-0.25, -0.2) is 99.7 Å². The normalized spacial score (nSPS) is 10.8. The molecule has 236 valence electrons. The van der Waals surface area contributed by atoms with Crippen molar-refractivity contribution in [2.24, 2.45) is 0 Å². The second-order valence-electron chi connectivity index (χ2n) is 9.72. The van der Waals surface area contributed by atoms with E-state index in [1.807, 2.05) is 0 Å². The van der Waals surface area contributed by atoms with Gasteiger partial charge in [-0.1, -0.05) is 0 Å².